The molecule has 0 aliphatic carbocycles. The molecule has 3 aromatic carbocycles. The van der Waals surface area contributed by atoms with Crippen molar-refractivity contribution in [2.75, 3.05) is 0 Å². The number of allylic oxidation sites excluding steroid dienone is 1. The van der Waals surface area contributed by atoms with Crippen LogP contribution in [0.2, 0.25) is 5.02 Å². The lowest BCUT2D eigenvalue weighted by Gasteiger charge is -2.09. The first kappa shape index (κ1) is 19.3. The molecule has 3 nitrogen and oxygen atoms in total. The zero-order valence-electron chi connectivity index (χ0n) is 16.4. The molecule has 0 fully saturated rings. The van der Waals surface area contributed by atoms with Crippen molar-refractivity contribution in [3.63, 3.8) is 0 Å². The van der Waals surface area contributed by atoms with Crippen molar-refractivity contribution in [2.24, 2.45) is 0 Å². The van der Waals surface area contributed by atoms with Crippen LogP contribution in [0.25, 0.3) is 6.08 Å². The Morgan fingerprint density at radius 1 is 1.03 bits per heavy atom. The molecule has 3 aromatic rings. The van der Waals surface area contributed by atoms with Gasteiger partial charge in [0.1, 0.15) is 18.1 Å². The quantitative estimate of drug-likeness (QED) is 0.461. The molecule has 1 aliphatic rings. The van der Waals surface area contributed by atoms with Crippen molar-refractivity contribution >= 4 is 23.5 Å². The Bertz CT molecular complexity index is 1100. The largest absolute Gasteiger partial charge is 0.489 e. The van der Waals surface area contributed by atoms with Crippen LogP contribution in [0.4, 0.5) is 0 Å². The van der Waals surface area contributed by atoms with Crippen molar-refractivity contribution in [1.82, 2.24) is 0 Å². The van der Waals surface area contributed by atoms with Gasteiger partial charge in [-0.05, 0) is 59.9 Å². The molecule has 0 saturated carbocycles. The van der Waals surface area contributed by atoms with E-state index in [0.717, 1.165) is 23.1 Å². The third-order valence-corrected chi connectivity index (χ3v) is 5.16. The van der Waals surface area contributed by atoms with E-state index in [4.69, 9.17) is 21.1 Å². The molecule has 0 spiro atoms. The summed E-state index contributed by atoms with van der Waals surface area (Å²) < 4.78 is 11.8. The number of hydrogen-bond donors (Lipinski definition) is 0. The van der Waals surface area contributed by atoms with Crippen LogP contribution in [0.1, 0.15) is 39.5 Å². The fraction of sp³-hybridized carbons (Fsp3) is 0.160. The smallest absolute Gasteiger partial charge is 0.232 e. The molecule has 0 bridgehead atoms. The maximum Gasteiger partial charge on any atom is 0.232 e. The molecule has 0 atom stereocenters. The van der Waals surface area contributed by atoms with Crippen LogP contribution >= 0.6 is 11.6 Å². The zero-order valence-corrected chi connectivity index (χ0v) is 17.1. The van der Waals surface area contributed by atoms with Crippen LogP contribution in [0.3, 0.4) is 0 Å². The fourth-order valence-corrected chi connectivity index (χ4v) is 3.57. The first-order valence-corrected chi connectivity index (χ1v) is 9.96. The number of aryl methyl sites for hydroxylation is 2. The summed E-state index contributed by atoms with van der Waals surface area (Å²) in [4.78, 5) is 12.8. The normalized spacial score (nSPS) is 14.0. The van der Waals surface area contributed by atoms with Gasteiger partial charge < -0.3 is 9.47 Å². The summed E-state index contributed by atoms with van der Waals surface area (Å²) in [5, 5.41) is 0.673. The molecule has 0 radical (unpaired) electrons. The van der Waals surface area contributed by atoms with Gasteiger partial charge in [-0.25, -0.2) is 0 Å². The van der Waals surface area contributed by atoms with Gasteiger partial charge in [0, 0.05) is 11.1 Å². The van der Waals surface area contributed by atoms with Gasteiger partial charge >= 0.3 is 0 Å². The second kappa shape index (κ2) is 8.14. The molecule has 1 heterocycles. The summed E-state index contributed by atoms with van der Waals surface area (Å²) in [6.45, 7) is 4.40. The zero-order chi connectivity index (χ0) is 20.4. The Balaban J connectivity index is 1.55. The molecule has 0 aromatic heterocycles. The van der Waals surface area contributed by atoms with E-state index in [0.29, 0.717) is 34.5 Å². The second-order valence-corrected chi connectivity index (χ2v) is 7.50. The van der Waals surface area contributed by atoms with Crippen LogP contribution in [0, 0.1) is 6.92 Å². The summed E-state index contributed by atoms with van der Waals surface area (Å²) in [6.07, 6.45) is 2.77. The highest BCUT2D eigenvalue weighted by Gasteiger charge is 2.30. The molecule has 0 unspecified atom stereocenters. The Kier molecular flexibility index (Phi) is 5.41. The maximum absolute atomic E-state index is 12.8. The highest BCUT2D eigenvalue weighted by atomic mass is 35.5. The molecule has 29 heavy (non-hydrogen) atoms. The van der Waals surface area contributed by atoms with E-state index in [1.54, 1.807) is 12.1 Å². The van der Waals surface area contributed by atoms with Crippen molar-refractivity contribution in [3.05, 3.63) is 99.3 Å². The van der Waals surface area contributed by atoms with Gasteiger partial charge in [-0.15, -0.1) is 0 Å². The Morgan fingerprint density at radius 2 is 1.83 bits per heavy atom. The highest BCUT2D eigenvalue weighted by molar-refractivity contribution is 6.30. The van der Waals surface area contributed by atoms with Crippen molar-refractivity contribution in [3.8, 4) is 11.5 Å². The third kappa shape index (κ3) is 4.20. The first-order valence-electron chi connectivity index (χ1n) is 9.58. The molecule has 4 rings (SSSR count). The standard InChI is InChI=1S/C25H21ClO3/c1-3-17-7-9-18(10-8-17)13-23-25(27)24-16(2)11-21(14-22(24)29-23)28-15-19-5-4-6-20(26)12-19/h4-14H,3,15H2,1-2H3/b23-13-. The van der Waals surface area contributed by atoms with Crippen molar-refractivity contribution in [2.45, 2.75) is 26.9 Å². The number of Topliss-reactive ketones (excluding diaryl/α,β-unsaturated/α-hetero) is 1. The maximum atomic E-state index is 12.8. The average Bonchev–Trinajstić information content (AvgIpc) is 3.03. The minimum Gasteiger partial charge on any atom is -0.489 e. The molecular formula is C25H21ClO3. The SMILES string of the molecule is CCc1ccc(/C=C2\Oc3cc(OCc4cccc(Cl)c4)cc(C)c3C2=O)cc1. The highest BCUT2D eigenvalue weighted by Crippen LogP contribution is 2.37. The number of hydrogen-bond acceptors (Lipinski definition) is 3. The number of halogens is 1. The molecular weight excluding hydrogens is 384 g/mol. The number of carbonyl (C=O) groups is 1. The summed E-state index contributed by atoms with van der Waals surface area (Å²) in [5.41, 5.74) is 4.60. The monoisotopic (exact) mass is 404 g/mol. The van der Waals surface area contributed by atoms with Crippen LogP contribution < -0.4 is 9.47 Å². The number of rotatable bonds is 5. The predicted molar refractivity (Wildman–Crippen MR) is 116 cm³/mol. The minimum absolute atomic E-state index is 0.0986. The average molecular weight is 405 g/mol. The van der Waals surface area contributed by atoms with Gasteiger partial charge in [-0.3, -0.25) is 4.79 Å². The Hall–Kier alpha value is -3.04. The number of carbonyl (C=O) groups excluding carboxylic acids is 1. The van der Waals surface area contributed by atoms with Gasteiger partial charge in [0.25, 0.3) is 0 Å². The van der Waals surface area contributed by atoms with Crippen LogP contribution in [0.5, 0.6) is 11.5 Å². The summed E-state index contributed by atoms with van der Waals surface area (Å²) >= 11 is 6.02. The fourth-order valence-electron chi connectivity index (χ4n) is 3.36. The van der Waals surface area contributed by atoms with Crippen LogP contribution in [-0.4, -0.2) is 5.78 Å². The van der Waals surface area contributed by atoms with E-state index < -0.39 is 0 Å². The van der Waals surface area contributed by atoms with E-state index in [2.05, 4.69) is 19.1 Å². The van der Waals surface area contributed by atoms with E-state index in [1.165, 1.54) is 5.56 Å². The number of ether oxygens (including phenoxy) is 2. The second-order valence-electron chi connectivity index (χ2n) is 7.07. The molecule has 0 amide bonds. The lowest BCUT2D eigenvalue weighted by Crippen LogP contribution is -2.00. The van der Waals surface area contributed by atoms with Crippen molar-refractivity contribution < 1.29 is 14.3 Å². The topological polar surface area (TPSA) is 35.5 Å². The molecule has 4 heteroatoms. The van der Waals surface area contributed by atoms with Gasteiger partial charge in [0.15, 0.2) is 5.76 Å². The number of benzene rings is 3. The lowest BCUT2D eigenvalue weighted by atomic mass is 10.0. The van der Waals surface area contributed by atoms with Gasteiger partial charge in [0.2, 0.25) is 5.78 Å². The van der Waals surface area contributed by atoms with Gasteiger partial charge in [-0.2, -0.15) is 0 Å². The first-order chi connectivity index (χ1) is 14.0. The summed E-state index contributed by atoms with van der Waals surface area (Å²) in [7, 11) is 0. The van der Waals surface area contributed by atoms with E-state index in [-0.39, 0.29) is 5.78 Å². The molecule has 1 aliphatic heterocycles. The van der Waals surface area contributed by atoms with Gasteiger partial charge in [-0.1, -0.05) is 54.9 Å². The van der Waals surface area contributed by atoms with E-state index in [1.807, 2.05) is 49.4 Å². The van der Waals surface area contributed by atoms with E-state index >= 15 is 0 Å². The molecule has 146 valence electrons. The summed E-state index contributed by atoms with van der Waals surface area (Å²) in [5.74, 6) is 1.42. The Labute approximate surface area is 175 Å². The summed E-state index contributed by atoms with van der Waals surface area (Å²) in [6, 6.07) is 19.3. The van der Waals surface area contributed by atoms with E-state index in [9.17, 15) is 4.79 Å². The third-order valence-electron chi connectivity index (χ3n) is 4.92. The van der Waals surface area contributed by atoms with Crippen LogP contribution in [-0.2, 0) is 13.0 Å². The lowest BCUT2D eigenvalue weighted by molar-refractivity contribution is 0.101. The predicted octanol–water partition coefficient (Wildman–Crippen LogP) is 6.41. The minimum atomic E-state index is -0.0986. The van der Waals surface area contributed by atoms with Crippen LogP contribution in [0.15, 0.2) is 66.4 Å². The Morgan fingerprint density at radius 3 is 2.55 bits per heavy atom. The number of fused-ring (bicyclic) bond motifs is 1. The number of ketones is 1. The molecule has 0 N–H and O–H groups in total. The van der Waals surface area contributed by atoms with Gasteiger partial charge in [0.05, 0.1) is 5.56 Å². The molecule has 0 saturated heterocycles. The van der Waals surface area contributed by atoms with Crippen molar-refractivity contribution in [1.29, 1.82) is 0 Å².